The van der Waals surface area contributed by atoms with Crippen molar-refractivity contribution in [2.45, 2.75) is 13.5 Å². The molecule has 0 aromatic carbocycles. The highest BCUT2D eigenvalue weighted by Gasteiger charge is 2.08. The van der Waals surface area contributed by atoms with Crippen molar-refractivity contribution in [2.75, 3.05) is 13.7 Å². The number of aromatic amines is 1. The fraction of sp³-hybridized carbons (Fsp3) is 0.500. The van der Waals surface area contributed by atoms with Gasteiger partial charge < -0.3 is 14.5 Å². The molecule has 0 saturated carbocycles. The van der Waals surface area contributed by atoms with Crippen LogP contribution in [0.4, 0.5) is 0 Å². The van der Waals surface area contributed by atoms with Gasteiger partial charge in [-0.3, -0.25) is 0 Å². The molecule has 1 rings (SSSR count). The molecule has 0 bridgehead atoms. The molecule has 1 heterocycles. The third kappa shape index (κ3) is 2.55. The Morgan fingerprint density at radius 3 is 3.08 bits per heavy atom. The van der Waals surface area contributed by atoms with E-state index >= 15 is 0 Å². The van der Waals surface area contributed by atoms with Gasteiger partial charge in [0.05, 0.1) is 13.3 Å². The number of H-pyrrole nitrogens is 1. The smallest absolute Gasteiger partial charge is 0.356 e. The third-order valence-corrected chi connectivity index (χ3v) is 1.48. The van der Waals surface area contributed by atoms with Gasteiger partial charge in [-0.1, -0.05) is 0 Å². The number of carbonyl (C=O) groups is 1. The summed E-state index contributed by atoms with van der Waals surface area (Å²) in [5, 5.41) is 0. The zero-order chi connectivity index (χ0) is 9.68. The van der Waals surface area contributed by atoms with Crippen LogP contribution in [0.3, 0.4) is 0 Å². The van der Waals surface area contributed by atoms with Crippen LogP contribution >= 0.6 is 0 Å². The predicted molar refractivity (Wildman–Crippen MR) is 45.3 cm³/mol. The molecule has 0 spiro atoms. The lowest BCUT2D eigenvalue weighted by Crippen LogP contribution is -2.02. The molecule has 5 nitrogen and oxygen atoms in total. The van der Waals surface area contributed by atoms with Crippen molar-refractivity contribution in [3.05, 3.63) is 17.7 Å². The van der Waals surface area contributed by atoms with Crippen molar-refractivity contribution in [2.24, 2.45) is 0 Å². The van der Waals surface area contributed by atoms with Crippen LogP contribution in [0.5, 0.6) is 0 Å². The first-order chi connectivity index (χ1) is 6.27. The molecule has 1 N–H and O–H groups in total. The number of aromatic nitrogens is 2. The van der Waals surface area contributed by atoms with Crippen molar-refractivity contribution in [1.82, 2.24) is 9.97 Å². The van der Waals surface area contributed by atoms with Gasteiger partial charge >= 0.3 is 5.97 Å². The molecular formula is C8H12N2O3. The molecule has 0 unspecified atom stereocenters. The number of hydrogen-bond acceptors (Lipinski definition) is 4. The van der Waals surface area contributed by atoms with Crippen molar-refractivity contribution in [3.63, 3.8) is 0 Å². The van der Waals surface area contributed by atoms with Gasteiger partial charge in [-0.05, 0) is 6.92 Å². The topological polar surface area (TPSA) is 64.2 Å². The summed E-state index contributed by atoms with van der Waals surface area (Å²) in [7, 11) is 1.32. The number of imidazole rings is 1. The van der Waals surface area contributed by atoms with Gasteiger partial charge in [-0.2, -0.15) is 0 Å². The highest BCUT2D eigenvalue weighted by atomic mass is 16.5. The summed E-state index contributed by atoms with van der Waals surface area (Å²) in [5.41, 5.74) is 0.345. The lowest BCUT2D eigenvalue weighted by molar-refractivity contribution is 0.0594. The molecule has 0 amide bonds. The number of esters is 1. The first-order valence-electron chi connectivity index (χ1n) is 3.97. The van der Waals surface area contributed by atoms with E-state index in [1.165, 1.54) is 13.3 Å². The van der Waals surface area contributed by atoms with Crippen molar-refractivity contribution < 1.29 is 14.3 Å². The van der Waals surface area contributed by atoms with Crippen LogP contribution in [0.1, 0.15) is 23.2 Å². The van der Waals surface area contributed by atoms with Gasteiger partial charge in [0, 0.05) is 6.61 Å². The summed E-state index contributed by atoms with van der Waals surface area (Å²) in [6.07, 6.45) is 1.43. The molecule has 72 valence electrons. The second-order valence-corrected chi connectivity index (χ2v) is 2.37. The standard InChI is InChI=1S/C8H12N2O3/c1-3-13-5-7-9-4-6(10-7)8(11)12-2/h4H,3,5H2,1-2H3,(H,9,10). The Kier molecular flexibility index (Phi) is 3.45. The fourth-order valence-corrected chi connectivity index (χ4v) is 0.848. The normalized spacial score (nSPS) is 10.0. The van der Waals surface area contributed by atoms with E-state index in [9.17, 15) is 4.79 Å². The van der Waals surface area contributed by atoms with Crippen molar-refractivity contribution >= 4 is 5.97 Å². The molecular weight excluding hydrogens is 172 g/mol. The minimum Gasteiger partial charge on any atom is -0.464 e. The number of nitrogens with zero attached hydrogens (tertiary/aromatic N) is 1. The quantitative estimate of drug-likeness (QED) is 0.701. The Labute approximate surface area is 76.1 Å². The van der Waals surface area contributed by atoms with Gasteiger partial charge in [0.25, 0.3) is 0 Å². The SMILES string of the molecule is CCOCc1ncc(C(=O)OC)[nH]1. The molecule has 0 radical (unpaired) electrons. The van der Waals surface area contributed by atoms with Gasteiger partial charge in [0.15, 0.2) is 0 Å². The van der Waals surface area contributed by atoms with Gasteiger partial charge in [-0.15, -0.1) is 0 Å². The van der Waals surface area contributed by atoms with Crippen LogP contribution in [0.25, 0.3) is 0 Å². The van der Waals surface area contributed by atoms with E-state index in [1.807, 2.05) is 6.92 Å². The lowest BCUT2D eigenvalue weighted by atomic mass is 10.5. The molecule has 13 heavy (non-hydrogen) atoms. The van der Waals surface area contributed by atoms with Gasteiger partial charge in [0.2, 0.25) is 0 Å². The minimum absolute atomic E-state index is 0.345. The number of methoxy groups -OCH3 is 1. The zero-order valence-electron chi connectivity index (χ0n) is 7.66. The van der Waals surface area contributed by atoms with Gasteiger partial charge in [-0.25, -0.2) is 9.78 Å². The monoisotopic (exact) mass is 184 g/mol. The number of hydrogen-bond donors (Lipinski definition) is 1. The third-order valence-electron chi connectivity index (χ3n) is 1.48. The summed E-state index contributed by atoms with van der Waals surface area (Å²) in [6, 6.07) is 0. The Balaban J connectivity index is 2.58. The maximum atomic E-state index is 11.0. The largest absolute Gasteiger partial charge is 0.464 e. The van der Waals surface area contributed by atoms with E-state index in [4.69, 9.17) is 4.74 Å². The van der Waals surface area contributed by atoms with Crippen molar-refractivity contribution in [1.29, 1.82) is 0 Å². The van der Waals surface area contributed by atoms with E-state index in [2.05, 4.69) is 14.7 Å². The summed E-state index contributed by atoms with van der Waals surface area (Å²) in [5.74, 6) is 0.206. The van der Waals surface area contributed by atoms with Crippen LogP contribution in [0, 0.1) is 0 Å². The van der Waals surface area contributed by atoms with Crippen LogP contribution in [0.15, 0.2) is 6.20 Å². The molecule has 0 fully saturated rings. The molecule has 0 saturated heterocycles. The van der Waals surface area contributed by atoms with Crippen molar-refractivity contribution in [3.8, 4) is 0 Å². The number of rotatable bonds is 4. The molecule has 5 heteroatoms. The van der Waals surface area contributed by atoms with Crippen LogP contribution in [0.2, 0.25) is 0 Å². The van der Waals surface area contributed by atoms with E-state index in [1.54, 1.807) is 0 Å². The lowest BCUT2D eigenvalue weighted by Gasteiger charge is -1.96. The Hall–Kier alpha value is -1.36. The fourth-order valence-electron chi connectivity index (χ4n) is 0.848. The summed E-state index contributed by atoms with van der Waals surface area (Å²) in [6.45, 7) is 2.89. The highest BCUT2D eigenvalue weighted by molar-refractivity contribution is 5.86. The first kappa shape index (κ1) is 9.73. The number of ether oxygens (including phenoxy) is 2. The van der Waals surface area contributed by atoms with Gasteiger partial charge in [0.1, 0.15) is 18.1 Å². The van der Waals surface area contributed by atoms with Crippen LogP contribution < -0.4 is 0 Å². The second kappa shape index (κ2) is 4.61. The van der Waals surface area contributed by atoms with Crippen LogP contribution in [-0.4, -0.2) is 29.7 Å². The average Bonchev–Trinajstić information content (AvgIpc) is 2.62. The molecule has 0 aliphatic heterocycles. The molecule has 0 aliphatic rings. The maximum Gasteiger partial charge on any atom is 0.356 e. The first-order valence-corrected chi connectivity index (χ1v) is 3.97. The van der Waals surface area contributed by atoms with E-state index < -0.39 is 5.97 Å². The number of carbonyl (C=O) groups excluding carboxylic acids is 1. The Morgan fingerprint density at radius 2 is 2.46 bits per heavy atom. The Bertz CT molecular complexity index is 283. The molecule has 0 atom stereocenters. The van der Waals surface area contributed by atoms with E-state index in [0.717, 1.165) is 0 Å². The minimum atomic E-state index is -0.421. The summed E-state index contributed by atoms with van der Waals surface area (Å²) in [4.78, 5) is 17.7. The second-order valence-electron chi connectivity index (χ2n) is 2.37. The molecule has 0 aliphatic carbocycles. The highest BCUT2D eigenvalue weighted by Crippen LogP contribution is 2.00. The predicted octanol–water partition coefficient (Wildman–Crippen LogP) is 0.733. The molecule has 1 aromatic heterocycles. The van der Waals surface area contributed by atoms with E-state index in [0.29, 0.717) is 24.7 Å². The molecule has 1 aromatic rings. The number of nitrogens with one attached hydrogen (secondary N) is 1. The zero-order valence-corrected chi connectivity index (χ0v) is 7.66. The summed E-state index contributed by atoms with van der Waals surface area (Å²) >= 11 is 0. The Morgan fingerprint density at radius 1 is 1.69 bits per heavy atom. The average molecular weight is 184 g/mol. The van der Waals surface area contributed by atoms with E-state index in [-0.39, 0.29) is 0 Å². The maximum absolute atomic E-state index is 11.0. The van der Waals surface area contributed by atoms with Crippen LogP contribution in [-0.2, 0) is 16.1 Å². The summed E-state index contributed by atoms with van der Waals surface area (Å²) < 4.78 is 9.60.